The molecule has 3 aromatic carbocycles. The zero-order valence-electron chi connectivity index (χ0n) is 24.8. The minimum Gasteiger partial charge on any atom is -0.487 e. The summed E-state index contributed by atoms with van der Waals surface area (Å²) in [6.07, 6.45) is 3.67. The minimum absolute atomic E-state index is 0.252. The van der Waals surface area contributed by atoms with Crippen LogP contribution in [-0.2, 0) is 22.9 Å². The molecule has 1 aliphatic heterocycles. The molecule has 6 rings (SSSR count). The maximum absolute atomic E-state index is 15.1. The number of halogens is 1. The van der Waals surface area contributed by atoms with E-state index in [-0.39, 0.29) is 16.1 Å². The average Bonchev–Trinajstić information content (AvgIpc) is 3.58. The molecule has 0 aliphatic carbocycles. The van der Waals surface area contributed by atoms with E-state index >= 15 is 4.39 Å². The van der Waals surface area contributed by atoms with Crippen LogP contribution < -0.4 is 4.74 Å². The van der Waals surface area contributed by atoms with E-state index in [1.165, 1.54) is 12.1 Å². The lowest BCUT2D eigenvalue weighted by atomic mass is 9.96. The Kier molecular flexibility index (Phi) is 6.82. The molecule has 0 saturated carbocycles. The van der Waals surface area contributed by atoms with Crippen LogP contribution in [0, 0.1) is 26.6 Å². The van der Waals surface area contributed by atoms with Crippen molar-refractivity contribution in [1.82, 2.24) is 14.5 Å². The smallest absolute Gasteiger partial charge is 0.192 e. The molecule has 10 heteroatoms. The van der Waals surface area contributed by atoms with E-state index in [4.69, 9.17) is 14.1 Å². The molecule has 1 N–H and O–H groups in total. The first-order valence-corrected chi connectivity index (χ1v) is 15.7. The predicted molar refractivity (Wildman–Crippen MR) is 162 cm³/mol. The maximum atomic E-state index is 15.1. The summed E-state index contributed by atoms with van der Waals surface area (Å²) in [6.45, 7) is 8.97. The van der Waals surface area contributed by atoms with Gasteiger partial charge >= 0.3 is 0 Å². The number of benzene rings is 3. The monoisotopic (exact) mass is 601 g/mol. The van der Waals surface area contributed by atoms with Crippen LogP contribution in [0.3, 0.4) is 0 Å². The zero-order valence-corrected chi connectivity index (χ0v) is 25.6. The fourth-order valence-electron chi connectivity index (χ4n) is 5.80. The lowest BCUT2D eigenvalue weighted by Gasteiger charge is -2.16. The normalized spacial score (nSPS) is 14.1. The second-order valence-electron chi connectivity index (χ2n) is 11.7. The summed E-state index contributed by atoms with van der Waals surface area (Å²) < 4.78 is 54.4. The third-order valence-electron chi connectivity index (χ3n) is 7.62. The van der Waals surface area contributed by atoms with Crippen LogP contribution in [0.25, 0.3) is 39.4 Å². The molecule has 222 valence electrons. The zero-order chi connectivity index (χ0) is 30.8. The summed E-state index contributed by atoms with van der Waals surface area (Å²) >= 11 is 0. The number of aliphatic hydroxyl groups excluding tert-OH is 1. The molecule has 0 spiro atoms. The van der Waals surface area contributed by atoms with Crippen LogP contribution in [0.15, 0.2) is 64.0 Å². The van der Waals surface area contributed by atoms with Crippen molar-refractivity contribution in [3.63, 3.8) is 0 Å². The van der Waals surface area contributed by atoms with Crippen LogP contribution in [0.2, 0.25) is 0 Å². The number of ether oxygens (including phenoxy) is 1. The molecule has 0 bridgehead atoms. The van der Waals surface area contributed by atoms with Crippen LogP contribution in [0.5, 0.6) is 5.75 Å². The van der Waals surface area contributed by atoms with Gasteiger partial charge in [0, 0.05) is 42.5 Å². The first-order valence-electron chi connectivity index (χ1n) is 13.8. The molecule has 0 radical (unpaired) electrons. The van der Waals surface area contributed by atoms with Crippen molar-refractivity contribution in [1.29, 1.82) is 0 Å². The van der Waals surface area contributed by atoms with Crippen molar-refractivity contribution in [3.8, 4) is 45.1 Å². The molecular weight excluding hydrogens is 569 g/mol. The Hall–Kier alpha value is -4.28. The number of hydrogen-bond donors (Lipinski definition) is 1. The lowest BCUT2D eigenvalue weighted by molar-refractivity contribution is 0.138. The van der Waals surface area contributed by atoms with Gasteiger partial charge in [0.15, 0.2) is 21.5 Å². The van der Waals surface area contributed by atoms with Crippen LogP contribution in [0.4, 0.5) is 4.39 Å². The summed E-state index contributed by atoms with van der Waals surface area (Å²) in [5, 5.41) is 9.70. The number of nitrogens with zero attached hydrogens (tertiary/aromatic N) is 3. The maximum Gasteiger partial charge on any atom is 0.192 e. The summed E-state index contributed by atoms with van der Waals surface area (Å²) in [5.41, 5.74) is 5.15. The Bertz CT molecular complexity index is 2020. The van der Waals surface area contributed by atoms with Gasteiger partial charge < -0.3 is 18.8 Å². The first kappa shape index (κ1) is 28.8. The highest BCUT2D eigenvalue weighted by atomic mass is 32.2. The molecule has 0 saturated heterocycles. The van der Waals surface area contributed by atoms with Gasteiger partial charge in [0.2, 0.25) is 0 Å². The summed E-state index contributed by atoms with van der Waals surface area (Å²) in [5.74, 6) is 1.84. The molecule has 3 heterocycles. The highest BCUT2D eigenvalue weighted by Crippen LogP contribution is 2.42. The average molecular weight is 602 g/mol. The van der Waals surface area contributed by atoms with Gasteiger partial charge in [-0.05, 0) is 86.8 Å². The molecule has 8 nitrogen and oxygen atoms in total. The Labute approximate surface area is 249 Å². The van der Waals surface area contributed by atoms with E-state index in [9.17, 15) is 13.5 Å². The lowest BCUT2D eigenvalue weighted by Crippen LogP contribution is -2.24. The van der Waals surface area contributed by atoms with E-state index in [1.807, 2.05) is 48.9 Å². The summed E-state index contributed by atoms with van der Waals surface area (Å²) in [7, 11) is -3.82. The Morgan fingerprint density at radius 1 is 1.00 bits per heavy atom. The van der Waals surface area contributed by atoms with Gasteiger partial charge in [0.1, 0.15) is 28.7 Å². The van der Waals surface area contributed by atoms with Crippen molar-refractivity contribution in [2.75, 3.05) is 6.26 Å². The number of aliphatic hydroxyl groups is 1. The number of hydrogen-bond acceptors (Lipinski definition) is 7. The van der Waals surface area contributed by atoms with Gasteiger partial charge in [-0.2, -0.15) is 0 Å². The SMILES string of the molecule is Cc1cn(-c2ccc(-c3cc(F)c(CO)c(S(C)(=O)=O)c3)cc2-c2nc(C)oc2-c2ccc3c(c2)CC(C)(C)O3)c(C)n1. The third-order valence-corrected chi connectivity index (χ3v) is 8.78. The summed E-state index contributed by atoms with van der Waals surface area (Å²) in [6, 6.07) is 14.1. The third kappa shape index (κ3) is 5.25. The largest absolute Gasteiger partial charge is 0.487 e. The number of rotatable bonds is 6. The predicted octanol–water partition coefficient (Wildman–Crippen LogP) is 6.53. The molecule has 0 unspecified atom stereocenters. The van der Waals surface area contributed by atoms with Crippen molar-refractivity contribution in [2.24, 2.45) is 0 Å². The number of aromatic nitrogens is 3. The molecule has 0 atom stereocenters. The van der Waals surface area contributed by atoms with E-state index in [2.05, 4.69) is 24.9 Å². The minimum atomic E-state index is -3.82. The molecule has 0 fully saturated rings. The van der Waals surface area contributed by atoms with Crippen molar-refractivity contribution in [2.45, 2.75) is 58.1 Å². The number of sulfone groups is 1. The molecule has 5 aromatic rings. The molecule has 2 aromatic heterocycles. The van der Waals surface area contributed by atoms with Gasteiger partial charge in [-0.1, -0.05) is 6.07 Å². The Morgan fingerprint density at radius 3 is 2.42 bits per heavy atom. The highest BCUT2D eigenvalue weighted by molar-refractivity contribution is 7.90. The van der Waals surface area contributed by atoms with E-state index in [1.54, 1.807) is 13.0 Å². The van der Waals surface area contributed by atoms with Gasteiger partial charge in [-0.25, -0.2) is 22.8 Å². The number of oxazole rings is 1. The number of aryl methyl sites for hydroxylation is 3. The van der Waals surface area contributed by atoms with Crippen LogP contribution in [-0.4, -0.2) is 39.9 Å². The molecule has 43 heavy (non-hydrogen) atoms. The number of fused-ring (bicyclic) bond motifs is 1. The second-order valence-corrected chi connectivity index (χ2v) is 13.7. The molecular formula is C33H32FN3O5S. The molecule has 1 aliphatic rings. The summed E-state index contributed by atoms with van der Waals surface area (Å²) in [4.78, 5) is 9.13. The standard InChI is InChI=1S/C33H32FN3O5S/c1-18-16-37(19(2)35-18)28-9-7-21(23-13-27(34)26(17-38)30(14-23)43(6,39)40)12-25(28)31-32(41-20(3)36-31)22-8-10-29-24(11-22)15-33(4,5)42-29/h7-14,16,38H,15,17H2,1-6H3. The van der Waals surface area contributed by atoms with Crippen LogP contribution in [0.1, 0.15) is 42.4 Å². The number of imidazole rings is 1. The Balaban J connectivity index is 1.58. The fraction of sp³-hybridized carbons (Fsp3) is 0.273. The van der Waals surface area contributed by atoms with Gasteiger partial charge in [0.05, 0.1) is 22.9 Å². The van der Waals surface area contributed by atoms with Crippen LogP contribution >= 0.6 is 0 Å². The van der Waals surface area contributed by atoms with Gasteiger partial charge in [0.25, 0.3) is 0 Å². The topological polar surface area (TPSA) is 107 Å². The van der Waals surface area contributed by atoms with E-state index in [0.717, 1.165) is 46.8 Å². The van der Waals surface area contributed by atoms with E-state index < -0.39 is 22.3 Å². The van der Waals surface area contributed by atoms with E-state index in [0.29, 0.717) is 34.0 Å². The van der Waals surface area contributed by atoms with Gasteiger partial charge in [-0.15, -0.1) is 0 Å². The second kappa shape index (κ2) is 10.2. The Morgan fingerprint density at radius 2 is 1.74 bits per heavy atom. The quantitative estimate of drug-likeness (QED) is 0.236. The molecule has 0 amide bonds. The van der Waals surface area contributed by atoms with Crippen molar-refractivity contribution in [3.05, 3.63) is 89.1 Å². The highest BCUT2D eigenvalue weighted by Gasteiger charge is 2.31. The van der Waals surface area contributed by atoms with Gasteiger partial charge in [-0.3, -0.25) is 0 Å². The van der Waals surface area contributed by atoms with Crippen molar-refractivity contribution < 1.29 is 27.1 Å². The fourth-order valence-corrected chi connectivity index (χ4v) is 6.75. The first-order chi connectivity index (χ1) is 20.2. The van der Waals surface area contributed by atoms with Crippen molar-refractivity contribution >= 4 is 9.84 Å².